The molecule has 0 fully saturated rings. The SMILES string of the molecule is CC(N)(c1ccc(C(F)(F)F)o1)C(F)F. The van der Waals surface area contributed by atoms with Crippen LogP contribution in [0, 0.1) is 0 Å². The van der Waals surface area contributed by atoms with Crippen LogP contribution in [0.3, 0.4) is 0 Å². The Kier molecular flexibility index (Phi) is 2.77. The predicted octanol–water partition coefficient (Wildman–Crippen LogP) is 2.74. The predicted molar refractivity (Wildman–Crippen MR) is 41.3 cm³/mol. The van der Waals surface area contributed by atoms with E-state index in [1.807, 2.05) is 0 Å². The fourth-order valence-corrected chi connectivity index (χ4v) is 0.887. The largest absolute Gasteiger partial charge is 0.454 e. The van der Waals surface area contributed by atoms with E-state index < -0.39 is 29.7 Å². The summed E-state index contributed by atoms with van der Waals surface area (Å²) in [5.74, 6) is -1.93. The maximum Gasteiger partial charge on any atom is 0.449 e. The molecule has 0 saturated heterocycles. The van der Waals surface area contributed by atoms with Gasteiger partial charge in [-0.2, -0.15) is 13.2 Å². The van der Waals surface area contributed by atoms with Crippen LogP contribution in [-0.4, -0.2) is 6.43 Å². The molecule has 7 heteroatoms. The summed E-state index contributed by atoms with van der Waals surface area (Å²) in [6.07, 6.45) is -7.71. The van der Waals surface area contributed by atoms with E-state index in [9.17, 15) is 22.0 Å². The van der Waals surface area contributed by atoms with Crippen molar-refractivity contribution in [3.63, 3.8) is 0 Å². The van der Waals surface area contributed by atoms with Gasteiger partial charge in [0.15, 0.2) is 0 Å². The van der Waals surface area contributed by atoms with Crippen molar-refractivity contribution in [1.82, 2.24) is 0 Å². The third-order valence-electron chi connectivity index (χ3n) is 1.87. The van der Waals surface area contributed by atoms with Crippen LogP contribution < -0.4 is 5.73 Å². The van der Waals surface area contributed by atoms with Crippen molar-refractivity contribution >= 4 is 0 Å². The zero-order valence-electron chi connectivity index (χ0n) is 7.61. The molecule has 0 aliphatic heterocycles. The van der Waals surface area contributed by atoms with Gasteiger partial charge in [-0.3, -0.25) is 0 Å². The molecular weight excluding hydrogens is 221 g/mol. The van der Waals surface area contributed by atoms with Gasteiger partial charge in [-0.1, -0.05) is 0 Å². The topological polar surface area (TPSA) is 39.2 Å². The summed E-state index contributed by atoms with van der Waals surface area (Å²) in [6.45, 7) is 0.899. The maximum absolute atomic E-state index is 12.3. The van der Waals surface area contributed by atoms with Crippen LogP contribution in [0.1, 0.15) is 18.4 Å². The molecule has 0 bridgehead atoms. The van der Waals surface area contributed by atoms with E-state index in [2.05, 4.69) is 4.42 Å². The number of nitrogens with two attached hydrogens (primary N) is 1. The minimum atomic E-state index is -4.70. The maximum atomic E-state index is 12.3. The third kappa shape index (κ3) is 2.28. The van der Waals surface area contributed by atoms with Crippen molar-refractivity contribution in [2.45, 2.75) is 25.1 Å². The second kappa shape index (κ2) is 3.48. The van der Waals surface area contributed by atoms with Gasteiger partial charge in [0.25, 0.3) is 6.43 Å². The molecule has 0 spiro atoms. The fourth-order valence-electron chi connectivity index (χ4n) is 0.887. The first-order chi connectivity index (χ1) is 6.65. The van der Waals surface area contributed by atoms with Crippen molar-refractivity contribution in [3.05, 3.63) is 23.7 Å². The van der Waals surface area contributed by atoms with E-state index in [-0.39, 0.29) is 0 Å². The van der Waals surface area contributed by atoms with Crippen LogP contribution in [0.15, 0.2) is 16.5 Å². The van der Waals surface area contributed by atoms with Gasteiger partial charge in [-0.05, 0) is 19.1 Å². The quantitative estimate of drug-likeness (QED) is 0.792. The number of rotatable bonds is 2. The van der Waals surface area contributed by atoms with Crippen LogP contribution in [0.5, 0.6) is 0 Å². The van der Waals surface area contributed by atoms with Gasteiger partial charge < -0.3 is 10.2 Å². The van der Waals surface area contributed by atoms with Gasteiger partial charge in [-0.25, -0.2) is 8.78 Å². The van der Waals surface area contributed by atoms with Gasteiger partial charge >= 0.3 is 6.18 Å². The van der Waals surface area contributed by atoms with Crippen molar-refractivity contribution < 1.29 is 26.4 Å². The molecule has 86 valence electrons. The summed E-state index contributed by atoms with van der Waals surface area (Å²) in [7, 11) is 0. The molecule has 1 atom stereocenters. The molecule has 0 radical (unpaired) electrons. The van der Waals surface area contributed by atoms with Gasteiger partial charge in [0.1, 0.15) is 11.3 Å². The molecule has 2 nitrogen and oxygen atoms in total. The summed E-state index contributed by atoms with van der Waals surface area (Å²) in [5.41, 5.74) is 2.91. The zero-order chi connectivity index (χ0) is 11.9. The second-order valence-electron chi connectivity index (χ2n) is 3.25. The standard InChI is InChI=1S/C8H8F5NO/c1-7(14,6(9)10)4-2-3-5(15-4)8(11,12)13/h2-3,6H,14H2,1H3. The van der Waals surface area contributed by atoms with E-state index in [0.717, 1.165) is 13.0 Å². The molecule has 1 unspecified atom stereocenters. The number of alkyl halides is 5. The van der Waals surface area contributed by atoms with Crippen LogP contribution in [-0.2, 0) is 11.7 Å². The summed E-state index contributed by atoms with van der Waals surface area (Å²) in [4.78, 5) is 0. The molecule has 0 aromatic carbocycles. The molecular formula is C8H8F5NO. The number of furan rings is 1. The van der Waals surface area contributed by atoms with E-state index in [1.54, 1.807) is 0 Å². The first-order valence-electron chi connectivity index (χ1n) is 3.90. The van der Waals surface area contributed by atoms with Gasteiger partial charge in [-0.15, -0.1) is 0 Å². The minimum Gasteiger partial charge on any atom is -0.454 e. The highest BCUT2D eigenvalue weighted by molar-refractivity contribution is 5.17. The van der Waals surface area contributed by atoms with Gasteiger partial charge in [0, 0.05) is 0 Å². The highest BCUT2D eigenvalue weighted by atomic mass is 19.4. The summed E-state index contributed by atoms with van der Waals surface area (Å²) >= 11 is 0. The lowest BCUT2D eigenvalue weighted by molar-refractivity contribution is -0.154. The van der Waals surface area contributed by atoms with Crippen molar-refractivity contribution in [2.24, 2.45) is 5.73 Å². The Bertz CT molecular complexity index is 341. The third-order valence-corrected chi connectivity index (χ3v) is 1.87. The smallest absolute Gasteiger partial charge is 0.449 e. The minimum absolute atomic E-state index is 0.572. The number of hydrogen-bond donors (Lipinski definition) is 1. The van der Waals surface area contributed by atoms with Crippen molar-refractivity contribution in [3.8, 4) is 0 Å². The molecule has 1 aromatic heterocycles. The Morgan fingerprint density at radius 3 is 2.00 bits per heavy atom. The van der Waals surface area contributed by atoms with Crippen molar-refractivity contribution in [1.29, 1.82) is 0 Å². The Labute approximate surface area is 81.9 Å². The Morgan fingerprint density at radius 2 is 1.67 bits per heavy atom. The molecule has 0 aliphatic carbocycles. The Balaban J connectivity index is 3.04. The van der Waals surface area contributed by atoms with E-state index in [1.165, 1.54) is 0 Å². The Hall–Kier alpha value is -1.11. The Morgan fingerprint density at radius 1 is 1.20 bits per heavy atom. The van der Waals surface area contributed by atoms with Gasteiger partial charge in [0.05, 0.1) is 0 Å². The monoisotopic (exact) mass is 229 g/mol. The fraction of sp³-hybridized carbons (Fsp3) is 0.500. The molecule has 2 N–H and O–H groups in total. The van der Waals surface area contributed by atoms with Crippen LogP contribution >= 0.6 is 0 Å². The van der Waals surface area contributed by atoms with Crippen LogP contribution in [0.25, 0.3) is 0 Å². The highest BCUT2D eigenvalue weighted by Gasteiger charge is 2.40. The van der Waals surface area contributed by atoms with Crippen LogP contribution in [0.2, 0.25) is 0 Å². The van der Waals surface area contributed by atoms with Crippen molar-refractivity contribution in [2.75, 3.05) is 0 Å². The molecule has 0 saturated carbocycles. The summed E-state index contributed by atoms with van der Waals surface area (Å²) in [5, 5.41) is 0. The lowest BCUT2D eigenvalue weighted by Gasteiger charge is -2.20. The lowest BCUT2D eigenvalue weighted by Crippen LogP contribution is -2.40. The average molecular weight is 229 g/mol. The van der Waals surface area contributed by atoms with E-state index in [4.69, 9.17) is 5.73 Å². The average Bonchev–Trinajstić information content (AvgIpc) is 2.50. The normalized spacial score (nSPS) is 16.8. The number of hydrogen-bond acceptors (Lipinski definition) is 2. The van der Waals surface area contributed by atoms with E-state index >= 15 is 0 Å². The molecule has 1 heterocycles. The van der Waals surface area contributed by atoms with E-state index in [0.29, 0.717) is 6.07 Å². The van der Waals surface area contributed by atoms with Crippen LogP contribution in [0.4, 0.5) is 22.0 Å². The first-order valence-corrected chi connectivity index (χ1v) is 3.90. The molecule has 1 rings (SSSR count). The summed E-state index contributed by atoms with van der Waals surface area (Å²) in [6, 6.07) is 1.37. The second-order valence-corrected chi connectivity index (χ2v) is 3.25. The first kappa shape index (κ1) is 12.0. The lowest BCUT2D eigenvalue weighted by atomic mass is 10.0. The summed E-state index contributed by atoms with van der Waals surface area (Å²) < 4.78 is 65.1. The highest BCUT2D eigenvalue weighted by Crippen LogP contribution is 2.34. The van der Waals surface area contributed by atoms with Gasteiger partial charge in [0.2, 0.25) is 5.76 Å². The zero-order valence-corrected chi connectivity index (χ0v) is 7.61. The molecule has 1 aromatic rings. The molecule has 15 heavy (non-hydrogen) atoms. The number of halogens is 5. The molecule has 0 amide bonds. The molecule has 0 aliphatic rings.